The molecule has 0 saturated heterocycles. The molecule has 0 aliphatic carbocycles. The smallest absolute Gasteiger partial charge is 0.0624 e. The standard InChI is InChI=1S/C15H21N3/c1-3-13-10-14(4-2)18(17-13)11-15(16)12-8-6-5-7-9-12/h5-10,15H,3-4,11,16H2,1-2H3. The van der Waals surface area contributed by atoms with Gasteiger partial charge in [0.1, 0.15) is 0 Å². The van der Waals surface area contributed by atoms with Gasteiger partial charge < -0.3 is 5.73 Å². The van der Waals surface area contributed by atoms with Crippen LogP contribution in [0.2, 0.25) is 0 Å². The van der Waals surface area contributed by atoms with Crippen molar-refractivity contribution in [3.8, 4) is 0 Å². The maximum atomic E-state index is 6.24. The van der Waals surface area contributed by atoms with Gasteiger partial charge in [-0.1, -0.05) is 44.2 Å². The quantitative estimate of drug-likeness (QED) is 0.877. The molecule has 1 atom stereocenters. The summed E-state index contributed by atoms with van der Waals surface area (Å²) in [6, 6.07) is 12.4. The minimum atomic E-state index is 0.00102. The third kappa shape index (κ3) is 2.79. The Morgan fingerprint density at radius 1 is 1.17 bits per heavy atom. The van der Waals surface area contributed by atoms with Crippen molar-refractivity contribution in [3.05, 3.63) is 53.3 Å². The van der Waals surface area contributed by atoms with Crippen LogP contribution in [0.5, 0.6) is 0 Å². The lowest BCUT2D eigenvalue weighted by molar-refractivity contribution is 0.507. The van der Waals surface area contributed by atoms with Crippen molar-refractivity contribution < 1.29 is 0 Å². The summed E-state index contributed by atoms with van der Waals surface area (Å²) in [4.78, 5) is 0. The van der Waals surface area contributed by atoms with Crippen molar-refractivity contribution in [2.24, 2.45) is 5.73 Å². The van der Waals surface area contributed by atoms with Gasteiger partial charge in [-0.3, -0.25) is 4.68 Å². The van der Waals surface area contributed by atoms with Crippen LogP contribution >= 0.6 is 0 Å². The second kappa shape index (κ2) is 5.83. The first-order chi connectivity index (χ1) is 8.74. The Kier molecular flexibility index (Phi) is 4.15. The van der Waals surface area contributed by atoms with Gasteiger partial charge in [0, 0.05) is 11.7 Å². The van der Waals surface area contributed by atoms with E-state index in [1.54, 1.807) is 0 Å². The molecule has 2 rings (SSSR count). The zero-order chi connectivity index (χ0) is 13.0. The van der Waals surface area contributed by atoms with Gasteiger partial charge in [0.15, 0.2) is 0 Å². The van der Waals surface area contributed by atoms with Crippen LogP contribution < -0.4 is 5.73 Å². The van der Waals surface area contributed by atoms with E-state index in [1.165, 1.54) is 5.69 Å². The molecule has 0 aliphatic rings. The van der Waals surface area contributed by atoms with E-state index in [4.69, 9.17) is 5.73 Å². The lowest BCUT2D eigenvalue weighted by atomic mass is 10.1. The molecule has 0 saturated carbocycles. The summed E-state index contributed by atoms with van der Waals surface area (Å²) in [7, 11) is 0. The van der Waals surface area contributed by atoms with E-state index in [-0.39, 0.29) is 6.04 Å². The van der Waals surface area contributed by atoms with Gasteiger partial charge in [-0.15, -0.1) is 0 Å². The maximum absolute atomic E-state index is 6.24. The lowest BCUT2D eigenvalue weighted by Gasteiger charge is -2.14. The molecule has 2 aromatic rings. The maximum Gasteiger partial charge on any atom is 0.0624 e. The molecular formula is C15H21N3. The Morgan fingerprint density at radius 2 is 1.89 bits per heavy atom. The van der Waals surface area contributed by atoms with Crippen molar-refractivity contribution in [1.82, 2.24) is 9.78 Å². The van der Waals surface area contributed by atoms with Crippen LogP contribution in [-0.4, -0.2) is 9.78 Å². The summed E-state index contributed by atoms with van der Waals surface area (Å²) in [6.07, 6.45) is 1.97. The fourth-order valence-corrected chi connectivity index (χ4v) is 2.12. The highest BCUT2D eigenvalue weighted by Gasteiger charge is 2.10. The van der Waals surface area contributed by atoms with Crippen molar-refractivity contribution in [1.29, 1.82) is 0 Å². The van der Waals surface area contributed by atoms with Crippen molar-refractivity contribution in [3.63, 3.8) is 0 Å². The first-order valence-electron chi connectivity index (χ1n) is 6.60. The molecule has 1 aromatic heterocycles. The summed E-state index contributed by atoms with van der Waals surface area (Å²) in [5.41, 5.74) is 9.81. The first kappa shape index (κ1) is 12.8. The highest BCUT2D eigenvalue weighted by atomic mass is 15.3. The number of hydrogen-bond acceptors (Lipinski definition) is 2. The van der Waals surface area contributed by atoms with Gasteiger partial charge in [0.2, 0.25) is 0 Å². The molecule has 0 fully saturated rings. The topological polar surface area (TPSA) is 43.8 Å². The molecule has 0 radical (unpaired) electrons. The summed E-state index contributed by atoms with van der Waals surface area (Å²) in [6.45, 7) is 5.03. The molecule has 18 heavy (non-hydrogen) atoms. The average molecular weight is 243 g/mol. The van der Waals surface area contributed by atoms with E-state index in [2.05, 4.69) is 41.8 Å². The molecule has 0 bridgehead atoms. The number of benzene rings is 1. The molecule has 1 aromatic carbocycles. The van der Waals surface area contributed by atoms with Crippen molar-refractivity contribution in [2.45, 2.75) is 39.3 Å². The van der Waals surface area contributed by atoms with Crippen LogP contribution in [-0.2, 0) is 19.4 Å². The highest BCUT2D eigenvalue weighted by molar-refractivity contribution is 5.19. The van der Waals surface area contributed by atoms with Crippen LogP contribution in [0.15, 0.2) is 36.4 Å². The second-order valence-electron chi connectivity index (χ2n) is 4.53. The number of aromatic nitrogens is 2. The molecule has 0 spiro atoms. The highest BCUT2D eigenvalue weighted by Crippen LogP contribution is 2.14. The van der Waals surface area contributed by atoms with E-state index >= 15 is 0 Å². The molecule has 1 unspecified atom stereocenters. The average Bonchev–Trinajstić information content (AvgIpc) is 2.82. The van der Waals surface area contributed by atoms with Crippen molar-refractivity contribution >= 4 is 0 Å². The summed E-state index contributed by atoms with van der Waals surface area (Å²) in [5, 5.41) is 4.60. The molecule has 3 nitrogen and oxygen atoms in total. The van der Waals surface area contributed by atoms with Gasteiger partial charge in [-0.25, -0.2) is 0 Å². The van der Waals surface area contributed by atoms with Gasteiger partial charge in [-0.2, -0.15) is 5.10 Å². The van der Waals surface area contributed by atoms with E-state index in [9.17, 15) is 0 Å². The minimum Gasteiger partial charge on any atom is -0.322 e. The number of aryl methyl sites for hydroxylation is 2. The van der Waals surface area contributed by atoms with Gasteiger partial charge in [0.25, 0.3) is 0 Å². The third-order valence-electron chi connectivity index (χ3n) is 3.24. The molecule has 0 aliphatic heterocycles. The second-order valence-corrected chi connectivity index (χ2v) is 4.53. The number of hydrogen-bond donors (Lipinski definition) is 1. The number of nitrogens with zero attached hydrogens (tertiary/aromatic N) is 2. The predicted molar refractivity (Wildman–Crippen MR) is 74.4 cm³/mol. The lowest BCUT2D eigenvalue weighted by Crippen LogP contribution is -2.19. The Hall–Kier alpha value is -1.61. The molecular weight excluding hydrogens is 222 g/mol. The minimum absolute atomic E-state index is 0.00102. The van der Waals surface area contributed by atoms with Gasteiger partial charge in [-0.05, 0) is 24.5 Å². The molecule has 0 amide bonds. The molecule has 1 heterocycles. The molecule has 96 valence electrons. The molecule has 2 N–H and O–H groups in total. The summed E-state index contributed by atoms with van der Waals surface area (Å²) in [5.74, 6) is 0. The SMILES string of the molecule is CCc1cc(CC)n(CC(N)c2ccccc2)n1. The Labute approximate surface area is 109 Å². The zero-order valence-corrected chi connectivity index (χ0v) is 11.1. The summed E-state index contributed by atoms with van der Waals surface area (Å²) < 4.78 is 2.05. The zero-order valence-electron chi connectivity index (χ0n) is 11.1. The van der Waals surface area contributed by atoms with Crippen LogP contribution in [0.3, 0.4) is 0 Å². The van der Waals surface area contributed by atoms with Crippen LogP contribution in [0.1, 0.15) is 36.8 Å². The summed E-state index contributed by atoms with van der Waals surface area (Å²) >= 11 is 0. The van der Waals surface area contributed by atoms with E-state index in [0.29, 0.717) is 0 Å². The normalized spacial score (nSPS) is 12.6. The third-order valence-corrected chi connectivity index (χ3v) is 3.24. The predicted octanol–water partition coefficient (Wildman–Crippen LogP) is 2.71. The van der Waals surface area contributed by atoms with Gasteiger partial charge in [0.05, 0.1) is 12.2 Å². The van der Waals surface area contributed by atoms with Crippen molar-refractivity contribution in [2.75, 3.05) is 0 Å². The Morgan fingerprint density at radius 3 is 2.50 bits per heavy atom. The largest absolute Gasteiger partial charge is 0.322 e. The van der Waals surface area contributed by atoms with Crippen LogP contribution in [0, 0.1) is 0 Å². The Bertz CT molecular complexity index is 488. The van der Waals surface area contributed by atoms with E-state index in [1.807, 2.05) is 18.2 Å². The fourth-order valence-electron chi connectivity index (χ4n) is 2.12. The first-order valence-corrected chi connectivity index (χ1v) is 6.60. The fraction of sp³-hybridized carbons (Fsp3) is 0.400. The molecule has 3 heteroatoms. The number of nitrogens with two attached hydrogens (primary N) is 1. The Balaban J connectivity index is 2.16. The monoisotopic (exact) mass is 243 g/mol. The number of rotatable bonds is 5. The van der Waals surface area contributed by atoms with Gasteiger partial charge >= 0.3 is 0 Å². The van der Waals surface area contributed by atoms with Crippen LogP contribution in [0.4, 0.5) is 0 Å². The van der Waals surface area contributed by atoms with Crippen LogP contribution in [0.25, 0.3) is 0 Å². The van der Waals surface area contributed by atoms with E-state index < -0.39 is 0 Å². The van der Waals surface area contributed by atoms with E-state index in [0.717, 1.165) is 30.6 Å².